The van der Waals surface area contributed by atoms with E-state index >= 15 is 0 Å². The zero-order valence-corrected chi connectivity index (χ0v) is 18.7. The molecule has 1 atom stereocenters. The Morgan fingerprint density at radius 1 is 1.19 bits per heavy atom. The third-order valence-electron chi connectivity index (χ3n) is 6.42. The molecular weight excluding hydrogens is 395 g/mol. The van der Waals surface area contributed by atoms with E-state index in [4.69, 9.17) is 0 Å². The van der Waals surface area contributed by atoms with E-state index in [0.29, 0.717) is 11.4 Å². The third-order valence-corrected chi connectivity index (χ3v) is 6.42. The van der Waals surface area contributed by atoms with Crippen LogP contribution in [-0.4, -0.2) is 33.2 Å². The van der Waals surface area contributed by atoms with Crippen molar-refractivity contribution in [1.82, 2.24) is 15.1 Å². The molecule has 0 radical (unpaired) electrons. The second-order valence-electron chi connectivity index (χ2n) is 10.0. The second kappa shape index (κ2) is 7.77. The maximum atomic E-state index is 14.1. The van der Waals surface area contributed by atoms with Crippen LogP contribution in [0.4, 0.5) is 10.1 Å². The quantitative estimate of drug-likeness (QED) is 0.800. The number of nitrogens with one attached hydrogen (secondary N) is 1. The lowest BCUT2D eigenvalue weighted by Crippen LogP contribution is -2.65. The predicted octanol–water partition coefficient (Wildman–Crippen LogP) is 4.19. The highest BCUT2D eigenvalue weighted by Crippen LogP contribution is 2.35. The summed E-state index contributed by atoms with van der Waals surface area (Å²) < 4.78 is 15.7. The fourth-order valence-electron chi connectivity index (χ4n) is 4.56. The molecule has 1 unspecified atom stereocenters. The molecule has 1 aromatic carbocycles. The molecular formula is C24H31FN4O2. The van der Waals surface area contributed by atoms with Crippen molar-refractivity contribution in [3.05, 3.63) is 47.5 Å². The lowest BCUT2D eigenvalue weighted by Gasteiger charge is -2.44. The van der Waals surface area contributed by atoms with Crippen molar-refractivity contribution in [2.45, 2.75) is 83.3 Å². The van der Waals surface area contributed by atoms with E-state index in [0.717, 1.165) is 31.4 Å². The summed E-state index contributed by atoms with van der Waals surface area (Å²) in [4.78, 5) is 28.7. The molecule has 1 aliphatic carbocycles. The molecule has 1 aliphatic heterocycles. The van der Waals surface area contributed by atoms with E-state index in [1.807, 2.05) is 20.8 Å². The van der Waals surface area contributed by atoms with E-state index in [2.05, 4.69) is 10.4 Å². The topological polar surface area (TPSA) is 67.2 Å². The summed E-state index contributed by atoms with van der Waals surface area (Å²) in [6, 6.07) is 7.76. The average Bonchev–Trinajstić information content (AvgIpc) is 3.13. The number of halogens is 1. The number of carbonyl (C=O) groups is 2. The zero-order chi connectivity index (χ0) is 22.4. The van der Waals surface area contributed by atoms with Gasteiger partial charge in [0.15, 0.2) is 0 Å². The number of amides is 2. The number of nitrogens with zero attached hydrogens (tertiary/aromatic N) is 3. The highest BCUT2D eigenvalue weighted by Gasteiger charge is 2.49. The van der Waals surface area contributed by atoms with E-state index < -0.39 is 11.4 Å². The minimum Gasteiger partial charge on any atom is -0.351 e. The molecule has 2 amide bonds. The van der Waals surface area contributed by atoms with Crippen molar-refractivity contribution in [3.63, 3.8) is 0 Å². The molecule has 1 aromatic heterocycles. The monoisotopic (exact) mass is 426 g/mol. The van der Waals surface area contributed by atoms with Crippen LogP contribution < -0.4 is 10.2 Å². The lowest BCUT2D eigenvalue weighted by molar-refractivity contribution is -0.127. The first-order chi connectivity index (χ1) is 14.6. The van der Waals surface area contributed by atoms with E-state index in [-0.39, 0.29) is 29.8 Å². The van der Waals surface area contributed by atoms with Crippen molar-refractivity contribution < 1.29 is 14.0 Å². The van der Waals surface area contributed by atoms with Gasteiger partial charge in [-0.3, -0.25) is 19.2 Å². The van der Waals surface area contributed by atoms with Gasteiger partial charge in [-0.15, -0.1) is 0 Å². The number of aromatic nitrogens is 2. The van der Waals surface area contributed by atoms with Crippen molar-refractivity contribution in [1.29, 1.82) is 0 Å². The molecule has 166 valence electrons. The first-order valence-corrected chi connectivity index (χ1v) is 11.1. The summed E-state index contributed by atoms with van der Waals surface area (Å²) in [5.74, 6) is -1.02. The number of carbonyl (C=O) groups excluding carboxylic acids is 2. The molecule has 1 fully saturated rings. The van der Waals surface area contributed by atoms with Crippen molar-refractivity contribution in [2.75, 3.05) is 4.90 Å². The fourth-order valence-corrected chi connectivity index (χ4v) is 4.56. The standard InChI is InChI=1S/C24H31FN4O2/c1-23(2,3)20-14-19-21(30)29(18-12-8-9-16(25)13-18)24(4,15-28(19)27-20)22(31)26-17-10-6-5-7-11-17/h8-9,12-14,17H,5-7,10-11,15H2,1-4H3,(H,26,31). The van der Waals surface area contributed by atoms with Crippen LogP contribution in [0.25, 0.3) is 0 Å². The average molecular weight is 427 g/mol. The van der Waals surface area contributed by atoms with Crippen LogP contribution in [0.15, 0.2) is 30.3 Å². The van der Waals surface area contributed by atoms with Crippen molar-refractivity contribution in [3.8, 4) is 0 Å². The van der Waals surface area contributed by atoms with Gasteiger partial charge < -0.3 is 5.32 Å². The van der Waals surface area contributed by atoms with Gasteiger partial charge in [-0.2, -0.15) is 5.10 Å². The molecule has 0 bridgehead atoms. The number of hydrogen-bond donors (Lipinski definition) is 1. The minimum absolute atomic E-state index is 0.103. The van der Waals surface area contributed by atoms with Crippen LogP contribution in [-0.2, 0) is 16.8 Å². The van der Waals surface area contributed by atoms with Crippen LogP contribution in [0.5, 0.6) is 0 Å². The maximum Gasteiger partial charge on any atom is 0.277 e. The highest BCUT2D eigenvalue weighted by molar-refractivity contribution is 6.11. The fraction of sp³-hybridized carbons (Fsp3) is 0.542. The van der Waals surface area contributed by atoms with Crippen LogP contribution in [0.1, 0.15) is 76.0 Å². The summed E-state index contributed by atoms with van der Waals surface area (Å²) in [5.41, 5.74) is 0.103. The van der Waals surface area contributed by atoms with Crippen molar-refractivity contribution >= 4 is 17.5 Å². The number of hydrogen-bond acceptors (Lipinski definition) is 3. The number of anilines is 1. The van der Waals surface area contributed by atoms with Crippen LogP contribution in [0.2, 0.25) is 0 Å². The maximum absolute atomic E-state index is 14.1. The van der Waals surface area contributed by atoms with Crippen LogP contribution in [0, 0.1) is 5.82 Å². The lowest BCUT2D eigenvalue weighted by atomic mass is 9.90. The Balaban J connectivity index is 1.77. The van der Waals surface area contributed by atoms with Gasteiger partial charge in [-0.1, -0.05) is 46.1 Å². The van der Waals surface area contributed by atoms with Gasteiger partial charge in [-0.05, 0) is 44.0 Å². The first kappa shape index (κ1) is 21.5. The summed E-state index contributed by atoms with van der Waals surface area (Å²) in [5, 5.41) is 7.82. The molecule has 2 aliphatic rings. The predicted molar refractivity (Wildman–Crippen MR) is 118 cm³/mol. The molecule has 6 nitrogen and oxygen atoms in total. The van der Waals surface area contributed by atoms with Crippen LogP contribution in [0.3, 0.4) is 0 Å². The van der Waals surface area contributed by atoms with Gasteiger partial charge in [0.25, 0.3) is 5.91 Å². The largest absolute Gasteiger partial charge is 0.351 e. The number of benzene rings is 1. The summed E-state index contributed by atoms with van der Waals surface area (Å²) in [6.45, 7) is 8.05. The zero-order valence-electron chi connectivity index (χ0n) is 18.7. The van der Waals surface area contributed by atoms with E-state index in [1.165, 1.54) is 23.5 Å². The Labute approximate surface area is 182 Å². The van der Waals surface area contributed by atoms with Gasteiger partial charge in [0.1, 0.15) is 17.1 Å². The van der Waals surface area contributed by atoms with E-state index in [1.54, 1.807) is 29.8 Å². The number of rotatable bonds is 3. The molecule has 2 aromatic rings. The van der Waals surface area contributed by atoms with Crippen molar-refractivity contribution in [2.24, 2.45) is 0 Å². The summed E-state index contributed by atoms with van der Waals surface area (Å²) in [7, 11) is 0. The summed E-state index contributed by atoms with van der Waals surface area (Å²) >= 11 is 0. The van der Waals surface area contributed by atoms with Gasteiger partial charge in [0.05, 0.1) is 12.2 Å². The Morgan fingerprint density at radius 3 is 2.55 bits per heavy atom. The Hall–Kier alpha value is -2.70. The normalized spacial score (nSPS) is 22.4. The molecule has 2 heterocycles. The molecule has 1 saturated carbocycles. The van der Waals surface area contributed by atoms with E-state index in [9.17, 15) is 14.0 Å². The third kappa shape index (κ3) is 3.98. The smallest absolute Gasteiger partial charge is 0.277 e. The SMILES string of the molecule is CC(C)(C)c1cc2n(n1)CC(C)(C(=O)NC1CCCCC1)N(c1cccc(F)c1)C2=O. The molecule has 7 heteroatoms. The highest BCUT2D eigenvalue weighted by atomic mass is 19.1. The second-order valence-corrected chi connectivity index (χ2v) is 10.0. The molecule has 0 saturated heterocycles. The Kier molecular flexibility index (Phi) is 5.40. The van der Waals surface area contributed by atoms with Crippen LogP contribution >= 0.6 is 0 Å². The number of fused-ring (bicyclic) bond motifs is 1. The molecule has 0 spiro atoms. The van der Waals surface area contributed by atoms with Gasteiger partial charge in [-0.25, -0.2) is 4.39 Å². The Morgan fingerprint density at radius 2 is 1.90 bits per heavy atom. The van der Waals surface area contributed by atoms with Gasteiger partial charge >= 0.3 is 0 Å². The Bertz CT molecular complexity index is 1000. The van der Waals surface area contributed by atoms with Gasteiger partial charge in [0, 0.05) is 17.1 Å². The molecule has 4 rings (SSSR count). The summed E-state index contributed by atoms with van der Waals surface area (Å²) in [6.07, 6.45) is 5.25. The van der Waals surface area contributed by atoms with Gasteiger partial charge in [0.2, 0.25) is 5.91 Å². The minimum atomic E-state index is -1.23. The molecule has 1 N–H and O–H groups in total. The first-order valence-electron chi connectivity index (χ1n) is 11.1. The molecule has 31 heavy (non-hydrogen) atoms.